The van der Waals surface area contributed by atoms with Crippen molar-refractivity contribution in [3.8, 4) is 0 Å². The number of hydrogen-bond donors (Lipinski definition) is 1. The summed E-state index contributed by atoms with van der Waals surface area (Å²) in [6, 6.07) is 5.37. The number of carbonyl (C=O) groups is 1. The summed E-state index contributed by atoms with van der Waals surface area (Å²) in [7, 11) is -4.83. The minimum atomic E-state index is -5.43. The molecule has 0 saturated heterocycles. The molecule has 0 aliphatic heterocycles. The highest BCUT2D eigenvalue weighted by atomic mass is 32.2. The van der Waals surface area contributed by atoms with Gasteiger partial charge in [-0.15, -0.1) is 0 Å². The number of halogens is 3. The second-order valence-corrected chi connectivity index (χ2v) is 18.2. The van der Waals surface area contributed by atoms with Crippen LogP contribution >= 0.6 is 0 Å². The molecule has 5 rings (SSSR count). The summed E-state index contributed by atoms with van der Waals surface area (Å²) in [5.74, 6) is 2.32. The van der Waals surface area contributed by atoms with Gasteiger partial charge in [-0.25, -0.2) is 13.2 Å². The molecule has 0 spiro atoms. The highest BCUT2D eigenvalue weighted by Crippen LogP contribution is 2.65. The molecule has 3 fully saturated rings. The molecule has 4 aliphatic rings. The molecule has 6 nitrogen and oxygen atoms in total. The normalized spacial score (nSPS) is 33.5. The van der Waals surface area contributed by atoms with Crippen molar-refractivity contribution in [3.63, 3.8) is 0 Å². The number of aryl methyl sites for hydroxylation is 1. The summed E-state index contributed by atoms with van der Waals surface area (Å²) < 4.78 is 84.1. The minimum absolute atomic E-state index is 0.0103. The molecule has 1 N–H and O–H groups in total. The average Bonchev–Trinajstić information content (AvgIpc) is 3.37. The van der Waals surface area contributed by atoms with E-state index in [1.54, 1.807) is 11.6 Å². The molecule has 4 aliphatic carbocycles. The number of hydrogen-bond acceptors (Lipinski definition) is 5. The van der Waals surface area contributed by atoms with Gasteiger partial charge in [0.1, 0.15) is 0 Å². The number of alkyl halides is 3. The van der Waals surface area contributed by atoms with Crippen LogP contribution in [0.5, 0.6) is 0 Å². The van der Waals surface area contributed by atoms with Gasteiger partial charge in [-0.2, -0.15) is 17.9 Å². The summed E-state index contributed by atoms with van der Waals surface area (Å²) in [6.07, 6.45) is 5.91. The number of allylic oxidation sites excluding steroid dienone is 1. The van der Waals surface area contributed by atoms with Crippen LogP contribution in [0.3, 0.4) is 0 Å². The molecule has 276 valence electrons. The molecular weight excluding hydrogens is 651 g/mol. The number of ether oxygens (including phenoxy) is 2. The Kier molecular flexibility index (Phi) is 11.4. The van der Waals surface area contributed by atoms with Gasteiger partial charge < -0.3 is 9.47 Å². The highest BCUT2D eigenvalue weighted by molar-refractivity contribution is 7.89. The van der Waals surface area contributed by atoms with Crippen molar-refractivity contribution in [1.82, 2.24) is 4.72 Å². The van der Waals surface area contributed by atoms with Crippen molar-refractivity contribution >= 4 is 16.0 Å². The molecule has 0 radical (unpaired) electrons. The van der Waals surface area contributed by atoms with E-state index >= 15 is 13.2 Å². The van der Waals surface area contributed by atoms with Crippen molar-refractivity contribution in [1.29, 1.82) is 0 Å². The number of esters is 1. The third kappa shape index (κ3) is 7.53. The largest absolute Gasteiger partial charge is 0.463 e. The van der Waals surface area contributed by atoms with E-state index in [0.717, 1.165) is 35.8 Å². The van der Waals surface area contributed by atoms with Crippen LogP contribution < -0.4 is 4.72 Å². The van der Waals surface area contributed by atoms with Gasteiger partial charge in [-0.3, -0.25) is 0 Å². The van der Waals surface area contributed by atoms with Crippen LogP contribution in [0.25, 0.3) is 0 Å². The van der Waals surface area contributed by atoms with Gasteiger partial charge in [0.15, 0.2) is 0 Å². The second kappa shape index (κ2) is 14.6. The Balaban J connectivity index is 1.37. The monoisotopic (exact) mass is 709 g/mol. The quantitative estimate of drug-likeness (QED) is 0.133. The molecule has 3 saturated carbocycles. The molecule has 1 aromatic carbocycles. The third-order valence-electron chi connectivity index (χ3n) is 12.9. The van der Waals surface area contributed by atoms with Gasteiger partial charge >= 0.3 is 17.9 Å². The van der Waals surface area contributed by atoms with E-state index in [0.29, 0.717) is 29.1 Å². The van der Waals surface area contributed by atoms with Crippen LogP contribution in [0.2, 0.25) is 0 Å². The first-order valence-corrected chi connectivity index (χ1v) is 20.1. The lowest BCUT2D eigenvalue weighted by Gasteiger charge is -2.56. The first-order valence-electron chi connectivity index (χ1n) is 18.6. The van der Waals surface area contributed by atoms with Gasteiger partial charge in [-0.05, 0) is 124 Å². The van der Waals surface area contributed by atoms with E-state index in [9.17, 15) is 13.2 Å². The van der Waals surface area contributed by atoms with E-state index in [2.05, 4.69) is 40.7 Å². The first-order chi connectivity index (χ1) is 22.9. The summed E-state index contributed by atoms with van der Waals surface area (Å²) in [6.45, 7) is 14.4. The Hall–Kier alpha value is -1.91. The lowest BCUT2D eigenvalue weighted by molar-refractivity contribution is -0.295. The fourth-order valence-corrected chi connectivity index (χ4v) is 11.9. The zero-order valence-electron chi connectivity index (χ0n) is 30.4. The molecule has 10 atom stereocenters. The van der Waals surface area contributed by atoms with Crippen LogP contribution in [0.1, 0.15) is 111 Å². The van der Waals surface area contributed by atoms with Crippen LogP contribution in [-0.2, 0) is 24.3 Å². The number of sulfonamides is 1. The molecule has 49 heavy (non-hydrogen) atoms. The molecule has 0 heterocycles. The van der Waals surface area contributed by atoms with Gasteiger partial charge in [0, 0.05) is 0 Å². The van der Waals surface area contributed by atoms with E-state index < -0.39 is 38.9 Å². The zero-order valence-corrected chi connectivity index (χ0v) is 31.3. The summed E-state index contributed by atoms with van der Waals surface area (Å²) in [5.41, 5.74) is -1.74. The predicted molar refractivity (Wildman–Crippen MR) is 185 cm³/mol. The Morgan fingerprint density at radius 3 is 2.39 bits per heavy atom. The summed E-state index contributed by atoms with van der Waals surface area (Å²) in [4.78, 5) is 12.8. The fourth-order valence-electron chi connectivity index (χ4n) is 10.6. The van der Waals surface area contributed by atoms with Crippen molar-refractivity contribution in [2.45, 2.75) is 136 Å². The summed E-state index contributed by atoms with van der Waals surface area (Å²) in [5, 5.41) is 0. The third-order valence-corrected chi connectivity index (χ3v) is 14.3. The molecule has 1 aromatic rings. The van der Waals surface area contributed by atoms with E-state index in [1.807, 2.05) is 0 Å². The summed E-state index contributed by atoms with van der Waals surface area (Å²) >= 11 is 0. The predicted octanol–water partition coefficient (Wildman–Crippen LogP) is 9.38. The van der Waals surface area contributed by atoms with Crippen molar-refractivity contribution in [2.75, 3.05) is 6.61 Å². The van der Waals surface area contributed by atoms with Crippen LogP contribution in [0.15, 0.2) is 40.8 Å². The highest BCUT2D eigenvalue weighted by Gasteiger charge is 2.67. The van der Waals surface area contributed by atoms with Crippen molar-refractivity contribution in [2.24, 2.45) is 52.8 Å². The average molecular weight is 710 g/mol. The molecule has 0 bridgehead atoms. The topological polar surface area (TPSA) is 81.7 Å². The standard InChI is InChI=1S/C39H58F3NO5S/c1-8-47-36(44)38(39(40,41)42,43-49(45,46)30-15-12-25(4)13-16-30)48-29-22-27(6)35-28(23-29)14-17-31-32(35)20-21-37(7)33(18-19-34(31)37)26(5)11-9-10-24(2)3/h12-16,24,26-27,29,31-35,43H,8-11,17-23H2,1-7H3/t26-,27+,29+,31-,32+,33+,34-,35+,37-,38+/m1/s1. The van der Waals surface area contributed by atoms with E-state index in [4.69, 9.17) is 9.47 Å². The Labute approximate surface area is 292 Å². The Morgan fingerprint density at radius 2 is 1.76 bits per heavy atom. The van der Waals surface area contributed by atoms with Gasteiger partial charge in [-0.1, -0.05) is 83.2 Å². The van der Waals surface area contributed by atoms with Crippen LogP contribution in [0.4, 0.5) is 13.2 Å². The fraction of sp³-hybridized carbons (Fsp3) is 0.769. The number of carbonyl (C=O) groups excluding carboxylic acids is 1. The molecule has 10 heteroatoms. The van der Waals surface area contributed by atoms with Crippen LogP contribution in [0, 0.1) is 59.7 Å². The maximum atomic E-state index is 15.1. The molecule has 0 unspecified atom stereocenters. The van der Waals surface area contributed by atoms with E-state index in [1.165, 1.54) is 69.7 Å². The van der Waals surface area contributed by atoms with Gasteiger partial charge in [0.05, 0.1) is 17.6 Å². The van der Waals surface area contributed by atoms with E-state index in [-0.39, 0.29) is 31.3 Å². The smallest absolute Gasteiger partial charge is 0.443 e. The van der Waals surface area contributed by atoms with Crippen molar-refractivity contribution in [3.05, 3.63) is 41.5 Å². The lowest BCUT2D eigenvalue weighted by Crippen LogP contribution is -2.67. The maximum absolute atomic E-state index is 15.1. The zero-order chi connectivity index (χ0) is 35.9. The Morgan fingerprint density at radius 1 is 1.06 bits per heavy atom. The van der Waals surface area contributed by atoms with Crippen molar-refractivity contribution < 1.29 is 35.9 Å². The molecule has 0 aromatic heterocycles. The minimum Gasteiger partial charge on any atom is -0.463 e. The lowest BCUT2D eigenvalue weighted by atomic mass is 9.50. The second-order valence-electron chi connectivity index (χ2n) is 16.5. The first kappa shape index (κ1) is 38.3. The molecular formula is C39H58F3NO5S. The van der Waals surface area contributed by atoms with Crippen LogP contribution in [-0.4, -0.2) is 39.0 Å². The SMILES string of the molecule is CCOC(=O)[C@](NS(=O)(=O)c1ccc(C)cc1)(O[C@@H]1CC2=CC[C@@H]3[C@H](CC[C@@]4(C)[C@@H]3CC[C@H]4[C@H](C)CCCC(C)C)[C@H]2[C@@H](C)C1)C(F)(F)F. The van der Waals surface area contributed by atoms with Gasteiger partial charge in [0.2, 0.25) is 10.0 Å². The number of benzene rings is 1. The number of fused-ring (bicyclic) bond motifs is 5. The number of rotatable bonds is 12. The Bertz CT molecular complexity index is 1460. The number of nitrogens with one attached hydrogen (secondary N) is 1. The van der Waals surface area contributed by atoms with Gasteiger partial charge in [0.25, 0.3) is 0 Å². The maximum Gasteiger partial charge on any atom is 0.443 e. The molecule has 0 amide bonds.